The van der Waals surface area contributed by atoms with Crippen molar-refractivity contribution in [2.75, 3.05) is 31.1 Å². The fraction of sp³-hybridized carbons (Fsp3) is 0.250. The number of halogens is 2. The Kier molecular flexibility index (Phi) is 5.47. The minimum absolute atomic E-state index is 0.319. The average Bonchev–Trinajstić information content (AvgIpc) is 2.94. The van der Waals surface area contributed by atoms with Crippen molar-refractivity contribution >= 4 is 49.7 Å². The Hall–Kier alpha value is -1.86. The smallest absolute Gasteiger partial charge is 0.243 e. The van der Waals surface area contributed by atoms with E-state index in [0.717, 1.165) is 10.8 Å². The van der Waals surface area contributed by atoms with Gasteiger partial charge in [-0.1, -0.05) is 53.5 Å². The SMILES string of the molecule is O=S(=O)(c1ccc2ccccc2c1)N1CCCN(c2c(Cl)cncc2Cl)CC1. The van der Waals surface area contributed by atoms with Gasteiger partial charge in [0.25, 0.3) is 0 Å². The predicted molar refractivity (Wildman–Crippen MR) is 114 cm³/mol. The first kappa shape index (κ1) is 19.5. The maximum Gasteiger partial charge on any atom is 0.243 e. The largest absolute Gasteiger partial charge is 0.368 e. The number of hydrogen-bond acceptors (Lipinski definition) is 4. The number of rotatable bonds is 3. The van der Waals surface area contributed by atoms with Crippen LogP contribution in [0.3, 0.4) is 0 Å². The molecule has 28 heavy (non-hydrogen) atoms. The molecule has 0 bridgehead atoms. The Morgan fingerprint density at radius 2 is 1.57 bits per heavy atom. The molecule has 3 aromatic rings. The van der Waals surface area contributed by atoms with Gasteiger partial charge in [0, 0.05) is 38.6 Å². The predicted octanol–water partition coefficient (Wildman–Crippen LogP) is 4.44. The molecule has 1 saturated heterocycles. The van der Waals surface area contributed by atoms with Gasteiger partial charge in [-0.2, -0.15) is 4.31 Å². The van der Waals surface area contributed by atoms with Gasteiger partial charge in [0.15, 0.2) is 0 Å². The quantitative estimate of drug-likeness (QED) is 0.609. The molecule has 0 N–H and O–H groups in total. The zero-order valence-electron chi connectivity index (χ0n) is 15.1. The van der Waals surface area contributed by atoms with Crippen LogP contribution in [0.4, 0.5) is 5.69 Å². The number of benzene rings is 2. The third kappa shape index (κ3) is 3.70. The molecule has 0 spiro atoms. The molecule has 4 rings (SSSR count). The van der Waals surface area contributed by atoms with Gasteiger partial charge in [-0.25, -0.2) is 8.42 Å². The number of pyridine rings is 1. The first-order valence-electron chi connectivity index (χ1n) is 9.00. The molecule has 146 valence electrons. The Balaban J connectivity index is 1.59. The number of sulfonamides is 1. The van der Waals surface area contributed by atoms with Crippen LogP contribution in [0.1, 0.15) is 6.42 Å². The van der Waals surface area contributed by atoms with E-state index in [-0.39, 0.29) is 0 Å². The molecule has 1 fully saturated rings. The van der Waals surface area contributed by atoms with E-state index in [4.69, 9.17) is 23.2 Å². The molecule has 0 unspecified atom stereocenters. The molecule has 2 heterocycles. The molecule has 0 amide bonds. The highest BCUT2D eigenvalue weighted by molar-refractivity contribution is 7.89. The molecule has 0 saturated carbocycles. The molecule has 2 aromatic carbocycles. The third-order valence-electron chi connectivity index (χ3n) is 4.96. The number of fused-ring (bicyclic) bond motifs is 1. The second kappa shape index (κ2) is 7.87. The number of aromatic nitrogens is 1. The lowest BCUT2D eigenvalue weighted by atomic mass is 10.1. The van der Waals surface area contributed by atoms with Crippen LogP contribution in [-0.4, -0.2) is 43.9 Å². The van der Waals surface area contributed by atoms with E-state index in [0.29, 0.717) is 53.2 Å². The maximum absolute atomic E-state index is 13.2. The Bertz CT molecular complexity index is 1100. The Labute approximate surface area is 174 Å². The molecule has 1 aliphatic heterocycles. The standard InChI is InChI=1S/C20H19Cl2N3O2S/c21-18-13-23-14-19(22)20(18)24-8-3-9-25(11-10-24)28(26,27)17-7-6-15-4-1-2-5-16(15)12-17/h1-2,4-7,12-14H,3,8-11H2. The van der Waals surface area contributed by atoms with E-state index >= 15 is 0 Å². The lowest BCUT2D eigenvalue weighted by Gasteiger charge is -2.25. The van der Waals surface area contributed by atoms with Crippen molar-refractivity contribution in [2.45, 2.75) is 11.3 Å². The summed E-state index contributed by atoms with van der Waals surface area (Å²) >= 11 is 12.5. The highest BCUT2D eigenvalue weighted by atomic mass is 35.5. The highest BCUT2D eigenvalue weighted by Crippen LogP contribution is 2.33. The molecule has 0 atom stereocenters. The zero-order chi connectivity index (χ0) is 19.7. The average molecular weight is 436 g/mol. The van der Waals surface area contributed by atoms with Gasteiger partial charge in [-0.05, 0) is 29.3 Å². The van der Waals surface area contributed by atoms with E-state index in [1.807, 2.05) is 35.2 Å². The lowest BCUT2D eigenvalue weighted by Crippen LogP contribution is -2.35. The summed E-state index contributed by atoms with van der Waals surface area (Å²) in [6.07, 6.45) is 3.79. The van der Waals surface area contributed by atoms with Crippen molar-refractivity contribution in [3.8, 4) is 0 Å². The second-order valence-electron chi connectivity index (χ2n) is 6.71. The molecule has 5 nitrogen and oxygen atoms in total. The number of hydrogen-bond donors (Lipinski definition) is 0. The molecule has 8 heteroatoms. The van der Waals surface area contributed by atoms with Gasteiger partial charge in [0.05, 0.1) is 20.6 Å². The van der Waals surface area contributed by atoms with Crippen molar-refractivity contribution in [1.29, 1.82) is 0 Å². The lowest BCUT2D eigenvalue weighted by molar-refractivity contribution is 0.433. The molecular formula is C20H19Cl2N3O2S. The van der Waals surface area contributed by atoms with Crippen LogP contribution < -0.4 is 4.90 Å². The summed E-state index contributed by atoms with van der Waals surface area (Å²) in [5.41, 5.74) is 0.711. The van der Waals surface area contributed by atoms with Gasteiger partial charge >= 0.3 is 0 Å². The summed E-state index contributed by atoms with van der Waals surface area (Å²) in [6.45, 7) is 2.00. The van der Waals surface area contributed by atoms with Crippen molar-refractivity contribution < 1.29 is 8.42 Å². The van der Waals surface area contributed by atoms with Crippen molar-refractivity contribution in [1.82, 2.24) is 9.29 Å². The molecular weight excluding hydrogens is 417 g/mol. The van der Waals surface area contributed by atoms with Gasteiger partial charge in [0.2, 0.25) is 10.0 Å². The first-order valence-corrected chi connectivity index (χ1v) is 11.2. The van der Waals surface area contributed by atoms with Crippen LogP contribution in [0.5, 0.6) is 0 Å². The normalized spacial score (nSPS) is 16.3. The van der Waals surface area contributed by atoms with Gasteiger partial charge in [-0.3, -0.25) is 4.98 Å². The summed E-state index contributed by atoms with van der Waals surface area (Å²) in [5, 5.41) is 2.87. The Morgan fingerprint density at radius 3 is 2.32 bits per heavy atom. The van der Waals surface area contributed by atoms with Crippen molar-refractivity contribution in [2.24, 2.45) is 0 Å². The monoisotopic (exact) mass is 435 g/mol. The summed E-state index contributed by atoms with van der Waals surface area (Å²) in [5.74, 6) is 0. The summed E-state index contributed by atoms with van der Waals surface area (Å²) in [7, 11) is -3.57. The fourth-order valence-electron chi connectivity index (χ4n) is 3.54. The van der Waals surface area contributed by atoms with Crippen LogP contribution >= 0.6 is 23.2 Å². The minimum atomic E-state index is -3.57. The fourth-order valence-corrected chi connectivity index (χ4v) is 5.65. The summed E-state index contributed by atoms with van der Waals surface area (Å²) in [4.78, 5) is 6.33. The second-order valence-corrected chi connectivity index (χ2v) is 9.46. The van der Waals surface area contributed by atoms with Gasteiger partial charge in [-0.15, -0.1) is 0 Å². The van der Waals surface area contributed by atoms with E-state index < -0.39 is 10.0 Å². The number of anilines is 1. The molecule has 1 aliphatic rings. The number of nitrogens with zero attached hydrogens (tertiary/aromatic N) is 3. The van der Waals surface area contributed by atoms with Crippen LogP contribution in [0.25, 0.3) is 10.8 Å². The molecule has 0 radical (unpaired) electrons. The van der Waals surface area contributed by atoms with E-state index in [9.17, 15) is 8.42 Å². The van der Waals surface area contributed by atoms with Crippen LogP contribution in [0.2, 0.25) is 10.0 Å². The van der Waals surface area contributed by atoms with Crippen LogP contribution in [0, 0.1) is 0 Å². The summed E-state index contributed by atoms with van der Waals surface area (Å²) < 4.78 is 28.0. The molecule has 0 aliphatic carbocycles. The van der Waals surface area contributed by atoms with E-state index in [2.05, 4.69) is 4.98 Å². The van der Waals surface area contributed by atoms with Crippen molar-refractivity contribution in [3.63, 3.8) is 0 Å². The summed E-state index contributed by atoms with van der Waals surface area (Å²) in [6, 6.07) is 13.0. The topological polar surface area (TPSA) is 53.5 Å². The van der Waals surface area contributed by atoms with Crippen molar-refractivity contribution in [3.05, 3.63) is 64.9 Å². The Morgan fingerprint density at radius 1 is 0.857 bits per heavy atom. The van der Waals surface area contributed by atoms with Crippen LogP contribution in [0.15, 0.2) is 59.8 Å². The first-order chi connectivity index (χ1) is 13.5. The maximum atomic E-state index is 13.2. The van der Waals surface area contributed by atoms with Gasteiger partial charge < -0.3 is 4.90 Å². The van der Waals surface area contributed by atoms with E-state index in [1.54, 1.807) is 28.8 Å². The minimum Gasteiger partial charge on any atom is -0.368 e. The van der Waals surface area contributed by atoms with Crippen LogP contribution in [-0.2, 0) is 10.0 Å². The molecule has 1 aromatic heterocycles. The van der Waals surface area contributed by atoms with E-state index in [1.165, 1.54) is 0 Å². The zero-order valence-corrected chi connectivity index (χ0v) is 17.4. The third-order valence-corrected chi connectivity index (χ3v) is 7.41. The van der Waals surface area contributed by atoms with Gasteiger partial charge in [0.1, 0.15) is 0 Å². The highest BCUT2D eigenvalue weighted by Gasteiger charge is 2.28.